The molecule has 0 aliphatic carbocycles. The molecule has 1 aliphatic heterocycles. The van der Waals surface area contributed by atoms with Crippen molar-refractivity contribution in [2.45, 2.75) is 0 Å². The molecule has 1 aromatic rings. The van der Waals surface area contributed by atoms with Gasteiger partial charge < -0.3 is 19.5 Å². The Kier molecular flexibility index (Phi) is 4.33. The third kappa shape index (κ3) is 3.08. The summed E-state index contributed by atoms with van der Waals surface area (Å²) in [6.45, 7) is 2.95. The van der Waals surface area contributed by atoms with Crippen LogP contribution in [0.25, 0.3) is 0 Å². The van der Waals surface area contributed by atoms with E-state index in [9.17, 15) is 4.79 Å². The highest BCUT2D eigenvalue weighted by atomic mass is 32.2. The average Bonchev–Trinajstić information content (AvgIpc) is 2.40. The van der Waals surface area contributed by atoms with E-state index in [4.69, 9.17) is 9.84 Å². The van der Waals surface area contributed by atoms with Crippen LogP contribution in [0.4, 0.5) is 11.4 Å². The second-order valence-electron chi connectivity index (χ2n) is 3.98. The van der Waals surface area contributed by atoms with Crippen LogP contribution in [0.5, 0.6) is 0 Å². The molecule has 2 N–H and O–H groups in total. The van der Waals surface area contributed by atoms with E-state index in [2.05, 4.69) is 9.62 Å². The minimum Gasteiger partial charge on any atom is -0.478 e. The fourth-order valence-electron chi connectivity index (χ4n) is 1.92. The molecule has 1 fully saturated rings. The fourth-order valence-corrected chi connectivity index (χ4v) is 2.27. The van der Waals surface area contributed by atoms with Crippen LogP contribution >= 0.6 is 11.9 Å². The Morgan fingerprint density at radius 1 is 1.39 bits per heavy atom. The van der Waals surface area contributed by atoms with Gasteiger partial charge in [0.25, 0.3) is 0 Å². The number of carboxylic acid groups (broad SMARTS) is 1. The van der Waals surface area contributed by atoms with E-state index in [1.54, 1.807) is 12.1 Å². The molecule has 0 radical (unpaired) electrons. The zero-order chi connectivity index (χ0) is 13.0. The maximum Gasteiger partial charge on any atom is 0.335 e. The smallest absolute Gasteiger partial charge is 0.335 e. The van der Waals surface area contributed by atoms with Gasteiger partial charge in [-0.2, -0.15) is 0 Å². The van der Waals surface area contributed by atoms with Crippen LogP contribution in [0, 0.1) is 0 Å². The van der Waals surface area contributed by atoms with Crippen molar-refractivity contribution in [3.8, 4) is 0 Å². The van der Waals surface area contributed by atoms with Crippen LogP contribution in [-0.4, -0.2) is 43.6 Å². The Morgan fingerprint density at radius 3 is 2.72 bits per heavy atom. The Balaban J connectivity index is 2.29. The SMILES string of the molecule is CSNc1cc(C(=O)O)cc(N2CCOCC2)c1. The Morgan fingerprint density at radius 2 is 2.11 bits per heavy atom. The molecule has 1 heterocycles. The lowest BCUT2D eigenvalue weighted by Crippen LogP contribution is -2.36. The number of aromatic carboxylic acids is 1. The van der Waals surface area contributed by atoms with Crippen LogP contribution in [-0.2, 0) is 4.74 Å². The highest BCUT2D eigenvalue weighted by Gasteiger charge is 2.14. The van der Waals surface area contributed by atoms with Crippen molar-refractivity contribution in [1.29, 1.82) is 0 Å². The molecule has 0 amide bonds. The quantitative estimate of drug-likeness (QED) is 0.813. The highest BCUT2D eigenvalue weighted by Crippen LogP contribution is 2.24. The van der Waals surface area contributed by atoms with Crippen molar-refractivity contribution in [2.24, 2.45) is 0 Å². The third-order valence-electron chi connectivity index (χ3n) is 2.76. The van der Waals surface area contributed by atoms with E-state index >= 15 is 0 Å². The van der Waals surface area contributed by atoms with Gasteiger partial charge >= 0.3 is 5.97 Å². The predicted octanol–water partition coefficient (Wildman–Crippen LogP) is 1.91. The van der Waals surface area contributed by atoms with Crippen LogP contribution in [0.3, 0.4) is 0 Å². The molecule has 1 saturated heterocycles. The van der Waals surface area contributed by atoms with Crippen molar-refractivity contribution in [1.82, 2.24) is 0 Å². The second-order valence-corrected chi connectivity index (χ2v) is 4.59. The summed E-state index contributed by atoms with van der Waals surface area (Å²) in [5, 5.41) is 9.12. The van der Waals surface area contributed by atoms with Gasteiger partial charge in [-0.25, -0.2) is 4.79 Å². The Labute approximate surface area is 110 Å². The molecule has 0 spiro atoms. The van der Waals surface area contributed by atoms with Gasteiger partial charge in [-0.1, -0.05) is 11.9 Å². The first-order chi connectivity index (χ1) is 8.70. The normalized spacial score (nSPS) is 15.5. The molecule has 1 aromatic carbocycles. The molecule has 0 aromatic heterocycles. The number of morpholine rings is 1. The summed E-state index contributed by atoms with van der Waals surface area (Å²) in [6, 6.07) is 5.32. The van der Waals surface area contributed by atoms with Crippen LogP contribution in [0.15, 0.2) is 18.2 Å². The van der Waals surface area contributed by atoms with Gasteiger partial charge in [0, 0.05) is 30.7 Å². The largest absolute Gasteiger partial charge is 0.478 e. The zero-order valence-corrected chi connectivity index (χ0v) is 11.0. The summed E-state index contributed by atoms with van der Waals surface area (Å²) in [7, 11) is 0. The number of benzene rings is 1. The lowest BCUT2D eigenvalue weighted by molar-refractivity contribution is 0.0697. The van der Waals surface area contributed by atoms with E-state index < -0.39 is 5.97 Å². The molecule has 0 bridgehead atoms. The number of anilines is 2. The molecule has 2 rings (SSSR count). The summed E-state index contributed by atoms with van der Waals surface area (Å²) in [5.41, 5.74) is 2.04. The molecular weight excluding hydrogens is 252 g/mol. The summed E-state index contributed by atoms with van der Waals surface area (Å²) >= 11 is 1.44. The van der Waals surface area contributed by atoms with Crippen molar-refractivity contribution in [2.75, 3.05) is 42.2 Å². The van der Waals surface area contributed by atoms with Crippen molar-refractivity contribution >= 4 is 29.3 Å². The average molecular weight is 268 g/mol. The number of rotatable bonds is 4. The number of hydrogen-bond acceptors (Lipinski definition) is 5. The Bertz CT molecular complexity index is 433. The number of carboxylic acids is 1. The second kappa shape index (κ2) is 5.97. The number of carbonyl (C=O) groups is 1. The van der Waals surface area contributed by atoms with Crippen LogP contribution in [0.1, 0.15) is 10.4 Å². The summed E-state index contributed by atoms with van der Waals surface area (Å²) in [6.07, 6.45) is 1.90. The van der Waals surface area contributed by atoms with Crippen LogP contribution < -0.4 is 9.62 Å². The lowest BCUT2D eigenvalue weighted by atomic mass is 10.1. The zero-order valence-electron chi connectivity index (χ0n) is 10.2. The number of nitrogens with one attached hydrogen (secondary N) is 1. The third-order valence-corrected chi connectivity index (χ3v) is 3.20. The van der Waals surface area contributed by atoms with E-state index in [0.717, 1.165) is 24.5 Å². The molecule has 5 nitrogen and oxygen atoms in total. The molecule has 0 saturated carbocycles. The van der Waals surface area contributed by atoms with Gasteiger partial charge in [0.2, 0.25) is 0 Å². The highest BCUT2D eigenvalue weighted by molar-refractivity contribution is 7.99. The topological polar surface area (TPSA) is 61.8 Å². The summed E-state index contributed by atoms with van der Waals surface area (Å²) in [5.74, 6) is -0.908. The first-order valence-electron chi connectivity index (χ1n) is 5.71. The summed E-state index contributed by atoms with van der Waals surface area (Å²) < 4.78 is 8.38. The van der Waals surface area contributed by atoms with Gasteiger partial charge in [-0.15, -0.1) is 0 Å². The maximum atomic E-state index is 11.1. The minimum atomic E-state index is -0.908. The molecule has 6 heteroatoms. The lowest BCUT2D eigenvalue weighted by Gasteiger charge is -2.29. The van der Waals surface area contributed by atoms with Crippen molar-refractivity contribution < 1.29 is 14.6 Å². The van der Waals surface area contributed by atoms with E-state index in [1.807, 2.05) is 12.3 Å². The van der Waals surface area contributed by atoms with Gasteiger partial charge in [0.05, 0.1) is 18.8 Å². The maximum absolute atomic E-state index is 11.1. The van der Waals surface area contributed by atoms with Gasteiger partial charge in [-0.05, 0) is 18.2 Å². The fraction of sp³-hybridized carbons (Fsp3) is 0.417. The number of hydrogen-bond donors (Lipinski definition) is 2. The van der Waals surface area contributed by atoms with Gasteiger partial charge in [0.15, 0.2) is 0 Å². The monoisotopic (exact) mass is 268 g/mol. The number of ether oxygens (including phenoxy) is 1. The van der Waals surface area contributed by atoms with Gasteiger partial charge in [0.1, 0.15) is 0 Å². The molecular formula is C12H16N2O3S. The first-order valence-corrected chi connectivity index (χ1v) is 6.93. The van der Waals surface area contributed by atoms with Crippen LogP contribution in [0.2, 0.25) is 0 Å². The predicted molar refractivity (Wildman–Crippen MR) is 73.6 cm³/mol. The molecule has 18 heavy (non-hydrogen) atoms. The summed E-state index contributed by atoms with van der Waals surface area (Å²) in [4.78, 5) is 13.3. The van der Waals surface area contributed by atoms with E-state index in [1.165, 1.54) is 11.9 Å². The molecule has 0 atom stereocenters. The molecule has 0 unspecified atom stereocenters. The Hall–Kier alpha value is -1.40. The standard InChI is InChI=1S/C12H16N2O3S/c1-18-13-10-6-9(12(15)16)7-11(8-10)14-2-4-17-5-3-14/h6-8,13H,2-5H2,1H3,(H,15,16). The van der Waals surface area contributed by atoms with Crippen molar-refractivity contribution in [3.05, 3.63) is 23.8 Å². The van der Waals surface area contributed by atoms with E-state index in [-0.39, 0.29) is 0 Å². The minimum absolute atomic E-state index is 0.301. The van der Waals surface area contributed by atoms with Gasteiger partial charge in [-0.3, -0.25) is 0 Å². The number of nitrogens with zero attached hydrogens (tertiary/aromatic N) is 1. The van der Waals surface area contributed by atoms with E-state index in [0.29, 0.717) is 18.8 Å². The van der Waals surface area contributed by atoms with Crippen molar-refractivity contribution in [3.63, 3.8) is 0 Å². The molecule has 1 aliphatic rings. The molecule has 98 valence electrons. The first kappa shape index (κ1) is 13.0.